The van der Waals surface area contributed by atoms with Crippen LogP contribution in [0.25, 0.3) is 5.65 Å². The Labute approximate surface area is 144 Å². The average Bonchev–Trinajstić information content (AvgIpc) is 2.90. The molecule has 0 radical (unpaired) electrons. The number of rotatable bonds is 4. The number of aromatic nitrogens is 3. The molecule has 0 amide bonds. The molecule has 3 aromatic rings. The van der Waals surface area contributed by atoms with Crippen molar-refractivity contribution >= 4 is 38.8 Å². The van der Waals surface area contributed by atoms with Gasteiger partial charge in [0.05, 0.1) is 11.1 Å². The zero-order valence-corrected chi connectivity index (χ0v) is 14.6. The van der Waals surface area contributed by atoms with Crippen LogP contribution < -0.4 is 10.5 Å². The molecule has 24 heavy (non-hydrogen) atoms. The first-order valence-corrected chi connectivity index (χ1v) is 9.12. The van der Waals surface area contributed by atoms with Crippen LogP contribution in [0.3, 0.4) is 0 Å². The molecule has 0 atom stereocenters. The quantitative estimate of drug-likeness (QED) is 0.692. The SMILES string of the molecule is CC(C)c1cnn2c(Nc3ccc(S(N)(=O)=O)cc3)cc(Cl)nc12. The summed E-state index contributed by atoms with van der Waals surface area (Å²) in [6.07, 6.45) is 1.76. The van der Waals surface area contributed by atoms with Gasteiger partial charge in [-0.25, -0.2) is 18.5 Å². The van der Waals surface area contributed by atoms with Crippen LogP contribution in [0.15, 0.2) is 41.4 Å². The van der Waals surface area contributed by atoms with Crippen LogP contribution in [0.4, 0.5) is 11.5 Å². The summed E-state index contributed by atoms with van der Waals surface area (Å²) >= 11 is 6.12. The number of halogens is 1. The lowest BCUT2D eigenvalue weighted by molar-refractivity contribution is 0.598. The maximum atomic E-state index is 11.3. The van der Waals surface area contributed by atoms with E-state index in [1.165, 1.54) is 12.1 Å². The van der Waals surface area contributed by atoms with Gasteiger partial charge in [-0.2, -0.15) is 9.61 Å². The van der Waals surface area contributed by atoms with Crippen LogP contribution in [-0.4, -0.2) is 23.0 Å². The van der Waals surface area contributed by atoms with Crippen molar-refractivity contribution in [3.8, 4) is 0 Å². The van der Waals surface area contributed by atoms with Crippen molar-refractivity contribution in [2.75, 3.05) is 5.32 Å². The van der Waals surface area contributed by atoms with Crippen molar-refractivity contribution < 1.29 is 8.42 Å². The van der Waals surface area contributed by atoms with Gasteiger partial charge in [0.15, 0.2) is 5.65 Å². The zero-order chi connectivity index (χ0) is 17.5. The van der Waals surface area contributed by atoms with Gasteiger partial charge in [0.2, 0.25) is 10.0 Å². The predicted octanol–water partition coefficient (Wildman–Crippen LogP) is 2.90. The lowest BCUT2D eigenvalue weighted by Gasteiger charge is -2.10. The summed E-state index contributed by atoms with van der Waals surface area (Å²) in [5.74, 6) is 0.885. The second-order valence-corrected chi connectivity index (χ2v) is 7.60. The predicted molar refractivity (Wildman–Crippen MR) is 93.2 cm³/mol. The van der Waals surface area contributed by atoms with E-state index in [0.29, 0.717) is 22.3 Å². The molecular formula is C15H16ClN5O2S. The second-order valence-electron chi connectivity index (χ2n) is 5.65. The van der Waals surface area contributed by atoms with E-state index in [4.69, 9.17) is 16.7 Å². The normalized spacial score (nSPS) is 12.0. The van der Waals surface area contributed by atoms with Crippen LogP contribution in [0.1, 0.15) is 25.3 Å². The first kappa shape index (κ1) is 16.7. The third-order valence-electron chi connectivity index (χ3n) is 3.55. The summed E-state index contributed by atoms with van der Waals surface area (Å²) in [5, 5.41) is 12.9. The Hall–Kier alpha value is -2.16. The van der Waals surface area contributed by atoms with Gasteiger partial charge in [-0.3, -0.25) is 0 Å². The van der Waals surface area contributed by atoms with Gasteiger partial charge in [0.25, 0.3) is 0 Å². The van der Waals surface area contributed by atoms with Crippen molar-refractivity contribution in [3.63, 3.8) is 0 Å². The number of anilines is 2. The largest absolute Gasteiger partial charge is 0.340 e. The lowest BCUT2D eigenvalue weighted by Crippen LogP contribution is -2.11. The minimum Gasteiger partial charge on any atom is -0.340 e. The molecule has 9 heteroatoms. The van der Waals surface area contributed by atoms with Crippen molar-refractivity contribution in [1.29, 1.82) is 0 Å². The number of nitrogens with zero attached hydrogens (tertiary/aromatic N) is 3. The zero-order valence-electron chi connectivity index (χ0n) is 13.1. The number of hydrogen-bond acceptors (Lipinski definition) is 5. The summed E-state index contributed by atoms with van der Waals surface area (Å²) in [5.41, 5.74) is 2.35. The lowest BCUT2D eigenvalue weighted by atomic mass is 10.1. The van der Waals surface area contributed by atoms with Gasteiger partial charge in [-0.05, 0) is 30.2 Å². The maximum absolute atomic E-state index is 11.3. The van der Waals surface area contributed by atoms with Gasteiger partial charge in [-0.1, -0.05) is 25.4 Å². The standard InChI is InChI=1S/C15H16ClN5O2S/c1-9(2)12-8-18-21-14(7-13(16)20-15(12)21)19-10-3-5-11(6-4-10)24(17,22)23/h3-9,19H,1-2H3,(H2,17,22,23). The smallest absolute Gasteiger partial charge is 0.238 e. The minimum absolute atomic E-state index is 0.0483. The molecular weight excluding hydrogens is 350 g/mol. The molecule has 1 aromatic carbocycles. The van der Waals surface area contributed by atoms with E-state index >= 15 is 0 Å². The molecule has 0 aliphatic heterocycles. The van der Waals surface area contributed by atoms with Crippen LogP contribution in [0.5, 0.6) is 0 Å². The first-order valence-electron chi connectivity index (χ1n) is 7.20. The fraction of sp³-hybridized carbons (Fsp3) is 0.200. The third-order valence-corrected chi connectivity index (χ3v) is 4.67. The van der Waals surface area contributed by atoms with Crippen LogP contribution >= 0.6 is 11.6 Å². The van der Waals surface area contributed by atoms with Gasteiger partial charge < -0.3 is 5.32 Å². The monoisotopic (exact) mass is 365 g/mol. The summed E-state index contributed by atoms with van der Waals surface area (Å²) < 4.78 is 24.3. The Balaban J connectivity index is 2.01. The van der Waals surface area contributed by atoms with E-state index in [2.05, 4.69) is 29.2 Å². The number of nitrogens with one attached hydrogen (secondary N) is 1. The van der Waals surface area contributed by atoms with E-state index in [1.807, 2.05) is 0 Å². The van der Waals surface area contributed by atoms with E-state index < -0.39 is 10.0 Å². The summed E-state index contributed by atoms with van der Waals surface area (Å²) in [7, 11) is -3.72. The van der Waals surface area contributed by atoms with Crippen LogP contribution in [0, 0.1) is 0 Å². The topological polar surface area (TPSA) is 102 Å². The Morgan fingerprint density at radius 2 is 1.92 bits per heavy atom. The number of benzene rings is 1. The van der Waals surface area contributed by atoms with Crippen molar-refractivity contribution in [3.05, 3.63) is 47.2 Å². The van der Waals surface area contributed by atoms with Crippen LogP contribution in [0.2, 0.25) is 5.15 Å². The molecule has 0 aliphatic carbocycles. The van der Waals surface area contributed by atoms with E-state index in [1.54, 1.807) is 28.9 Å². The van der Waals surface area contributed by atoms with Gasteiger partial charge >= 0.3 is 0 Å². The molecule has 0 unspecified atom stereocenters. The summed E-state index contributed by atoms with van der Waals surface area (Å²) in [4.78, 5) is 4.38. The number of primary sulfonamides is 1. The molecule has 2 aromatic heterocycles. The number of fused-ring (bicyclic) bond motifs is 1. The molecule has 0 saturated carbocycles. The van der Waals surface area contributed by atoms with E-state index in [-0.39, 0.29) is 10.8 Å². The summed E-state index contributed by atoms with van der Waals surface area (Å²) in [6, 6.07) is 7.75. The Morgan fingerprint density at radius 3 is 2.50 bits per heavy atom. The number of nitrogens with two attached hydrogens (primary N) is 1. The van der Waals surface area contributed by atoms with Crippen molar-refractivity contribution in [2.45, 2.75) is 24.7 Å². The Morgan fingerprint density at radius 1 is 1.25 bits per heavy atom. The Kier molecular flexibility index (Phi) is 4.20. The fourth-order valence-corrected chi connectivity index (χ4v) is 3.02. The Bertz CT molecular complexity index is 997. The highest BCUT2D eigenvalue weighted by Gasteiger charge is 2.14. The highest BCUT2D eigenvalue weighted by atomic mass is 35.5. The number of hydrogen-bond donors (Lipinski definition) is 2. The average molecular weight is 366 g/mol. The molecule has 0 spiro atoms. The molecule has 7 nitrogen and oxygen atoms in total. The number of sulfonamides is 1. The summed E-state index contributed by atoms with van der Waals surface area (Å²) in [6.45, 7) is 4.11. The molecule has 2 heterocycles. The molecule has 126 valence electrons. The minimum atomic E-state index is -3.72. The van der Waals surface area contributed by atoms with Crippen LogP contribution in [-0.2, 0) is 10.0 Å². The third kappa shape index (κ3) is 3.21. The highest BCUT2D eigenvalue weighted by Crippen LogP contribution is 2.26. The van der Waals surface area contributed by atoms with E-state index in [9.17, 15) is 8.42 Å². The molecule has 3 rings (SSSR count). The van der Waals surface area contributed by atoms with Gasteiger partial charge in [0, 0.05) is 17.3 Å². The molecule has 0 aliphatic rings. The fourth-order valence-electron chi connectivity index (χ4n) is 2.32. The van der Waals surface area contributed by atoms with Crippen molar-refractivity contribution in [2.24, 2.45) is 5.14 Å². The molecule has 3 N–H and O–H groups in total. The van der Waals surface area contributed by atoms with Crippen molar-refractivity contribution in [1.82, 2.24) is 14.6 Å². The highest BCUT2D eigenvalue weighted by molar-refractivity contribution is 7.89. The molecule has 0 bridgehead atoms. The van der Waals surface area contributed by atoms with Gasteiger partial charge in [-0.15, -0.1) is 0 Å². The first-order chi connectivity index (χ1) is 11.3. The molecule has 0 fully saturated rings. The van der Waals surface area contributed by atoms with Gasteiger partial charge in [0.1, 0.15) is 11.0 Å². The maximum Gasteiger partial charge on any atom is 0.238 e. The molecule has 0 saturated heterocycles. The second kappa shape index (κ2) is 6.04. The van der Waals surface area contributed by atoms with E-state index in [0.717, 1.165) is 5.56 Å².